The summed E-state index contributed by atoms with van der Waals surface area (Å²) in [6.45, 7) is 0. The van der Waals surface area contributed by atoms with Crippen molar-refractivity contribution < 1.29 is 40.8 Å². The second kappa shape index (κ2) is 5.18. The Morgan fingerprint density at radius 3 is 1.30 bits per heavy atom. The molecule has 0 aliphatic rings. The van der Waals surface area contributed by atoms with Gasteiger partial charge in [0, 0.05) is 0 Å². The Bertz CT molecular complexity index is 169. The number of alkyl halides is 3. The van der Waals surface area contributed by atoms with Crippen molar-refractivity contribution in [3.05, 3.63) is 0 Å². The maximum atomic E-state index is 9.70. The van der Waals surface area contributed by atoms with E-state index in [1.807, 2.05) is 0 Å². The molecule has 0 aromatic heterocycles. The molecule has 0 heterocycles. The van der Waals surface area contributed by atoms with Gasteiger partial charge in [0.05, 0.1) is 0 Å². The zero-order chi connectivity index (χ0) is 7.00. The van der Waals surface area contributed by atoms with Gasteiger partial charge in [0.25, 0.3) is 3.12 Å². The largest absolute Gasteiger partial charge is 1.00 e. The van der Waals surface area contributed by atoms with Crippen LogP contribution in [0.25, 0.3) is 0 Å². The Balaban J connectivity index is -0.000000245. The summed E-state index contributed by atoms with van der Waals surface area (Å²) in [7, 11) is -4.79. The smallest absolute Gasteiger partial charge is 0.745 e. The molecule has 0 bridgehead atoms. The van der Waals surface area contributed by atoms with Gasteiger partial charge in [0.1, 0.15) is 10.1 Å². The van der Waals surface area contributed by atoms with Crippen LogP contribution in [0, 0.1) is 0 Å². The van der Waals surface area contributed by atoms with Crippen LogP contribution in [-0.4, -0.2) is 21.6 Å². The van der Waals surface area contributed by atoms with Gasteiger partial charge < -0.3 is 10.0 Å². The van der Waals surface area contributed by atoms with Crippen LogP contribution in [0.3, 0.4) is 0 Å². The van der Waals surface area contributed by atoms with E-state index in [1.54, 1.807) is 0 Å². The van der Waals surface area contributed by atoms with Gasteiger partial charge in [-0.05, 0) is 0 Å². The summed E-state index contributed by atoms with van der Waals surface area (Å²) in [5, 5.41) is 0. The molecule has 10 heavy (non-hydrogen) atoms. The first kappa shape index (κ1) is 17.5. The van der Waals surface area contributed by atoms with Crippen LogP contribution >= 0.6 is 34.8 Å². The zero-order valence-corrected chi connectivity index (χ0v) is 8.63. The first-order chi connectivity index (χ1) is 3.25. The average molecular weight is 324 g/mol. The number of rotatable bonds is 0. The van der Waals surface area contributed by atoms with E-state index in [1.165, 1.54) is 0 Å². The number of hydrogen-bond acceptors (Lipinski definition) is 3. The molecule has 9 heteroatoms. The van der Waals surface area contributed by atoms with E-state index in [-0.39, 0.29) is 27.9 Å². The van der Waals surface area contributed by atoms with Gasteiger partial charge in [0.2, 0.25) is 0 Å². The molecule has 0 aliphatic carbocycles. The van der Waals surface area contributed by atoms with Crippen molar-refractivity contribution in [3.63, 3.8) is 0 Å². The Morgan fingerprint density at radius 2 is 1.30 bits per heavy atom. The summed E-state index contributed by atoms with van der Waals surface area (Å²) < 4.78 is 26.4. The van der Waals surface area contributed by atoms with Gasteiger partial charge in [-0.1, -0.05) is 34.8 Å². The van der Waals surface area contributed by atoms with E-state index >= 15 is 0 Å². The van der Waals surface area contributed by atoms with Crippen LogP contribution in [0.4, 0.5) is 0 Å². The molecule has 0 spiro atoms. The molecule has 68 valence electrons. The molecule has 0 fully saturated rings. The molecule has 4 nitrogen and oxygen atoms in total. The molecule has 0 atom stereocenters. The minimum Gasteiger partial charge on any atom is -0.745 e. The second-order valence-electron chi connectivity index (χ2n) is 0.900. The zero-order valence-electron chi connectivity index (χ0n) is 4.07. The minimum absolute atomic E-state index is 0. The van der Waals surface area contributed by atoms with Gasteiger partial charge >= 0.3 is 22.4 Å². The summed E-state index contributed by atoms with van der Waals surface area (Å²) >= 11 is 13.9. The van der Waals surface area contributed by atoms with E-state index in [4.69, 9.17) is 0 Å². The van der Waals surface area contributed by atoms with Crippen molar-refractivity contribution in [3.8, 4) is 0 Å². The first-order valence-electron chi connectivity index (χ1n) is 1.27. The molecule has 0 aromatic rings. The normalized spacial score (nSPS) is 11.2. The first-order valence-corrected chi connectivity index (χ1v) is 3.81. The second-order valence-corrected chi connectivity index (χ2v) is 5.37. The van der Waals surface area contributed by atoms with E-state index in [2.05, 4.69) is 34.8 Å². The minimum atomic E-state index is -4.79. The molecule has 2 N–H and O–H groups in total. The third-order valence-corrected chi connectivity index (χ3v) is 2.55. The number of halogens is 3. The molecule has 0 unspecified atom stereocenters. The Morgan fingerprint density at radius 1 is 1.20 bits per heavy atom. The average Bonchev–Trinajstić information content (AvgIpc) is 1.25. The van der Waals surface area contributed by atoms with Crippen molar-refractivity contribution in [1.29, 1.82) is 0 Å². The van der Waals surface area contributed by atoms with Crippen LogP contribution in [0.2, 0.25) is 0 Å². The van der Waals surface area contributed by atoms with Gasteiger partial charge in [-0.15, -0.1) is 0 Å². The van der Waals surface area contributed by atoms with Crippen LogP contribution in [-0.2, 0) is 32.5 Å². The van der Waals surface area contributed by atoms with Crippen LogP contribution in [0.15, 0.2) is 0 Å². The van der Waals surface area contributed by atoms with Gasteiger partial charge in [0.15, 0.2) is 0 Å². The van der Waals surface area contributed by atoms with Crippen LogP contribution < -0.4 is 0 Å². The molecule has 0 amide bonds. The molecule has 0 saturated heterocycles. The Labute approximate surface area is 88.4 Å². The molecule has 0 aliphatic heterocycles. The van der Waals surface area contributed by atoms with E-state index in [0.29, 0.717) is 0 Å². The van der Waals surface area contributed by atoms with Crippen molar-refractivity contribution in [1.82, 2.24) is 0 Å². The maximum Gasteiger partial charge on any atom is 1.00 e. The quantitative estimate of drug-likeness (QED) is 0.358. The fourth-order valence-corrected chi connectivity index (χ4v) is 0. The molecular weight excluding hydrogens is 322 g/mol. The van der Waals surface area contributed by atoms with Crippen LogP contribution in [0.1, 0.15) is 0 Å². The summed E-state index contributed by atoms with van der Waals surface area (Å²) in [6, 6.07) is 0. The van der Waals surface area contributed by atoms with E-state index in [9.17, 15) is 13.0 Å². The predicted molar refractivity (Wildman–Crippen MR) is 33.6 cm³/mol. The van der Waals surface area contributed by atoms with Crippen molar-refractivity contribution >= 4 is 44.9 Å². The van der Waals surface area contributed by atoms with Gasteiger partial charge in [-0.25, -0.2) is 8.42 Å². The monoisotopic (exact) mass is 322 g/mol. The molecular formula is CH2AgCl3O4S. The molecule has 0 rings (SSSR count). The molecule has 0 aromatic carbocycles. The van der Waals surface area contributed by atoms with E-state index in [0.717, 1.165) is 0 Å². The number of hydrogen-bond donors (Lipinski definition) is 0. The van der Waals surface area contributed by atoms with Gasteiger partial charge in [-0.3, -0.25) is 0 Å². The third kappa shape index (κ3) is 6.21. The standard InChI is InChI=1S/CHCl3O3S.Ag.H2O/c2-1(3,4)8(5,6)7;;/h(H,5,6,7);;1H2/q;+1;/p-1. The Kier molecular flexibility index (Phi) is 9.09. The Hall–Kier alpha value is 1.48. The predicted octanol–water partition coefficient (Wildman–Crippen LogP) is 0.0321. The third-order valence-electron chi connectivity index (χ3n) is 0.283. The fraction of sp³-hybridized carbons (Fsp3) is 1.00. The summed E-state index contributed by atoms with van der Waals surface area (Å²) in [5.74, 6) is 0. The summed E-state index contributed by atoms with van der Waals surface area (Å²) in [5.41, 5.74) is 0. The van der Waals surface area contributed by atoms with Crippen molar-refractivity contribution in [2.75, 3.05) is 0 Å². The van der Waals surface area contributed by atoms with Crippen molar-refractivity contribution in [2.45, 2.75) is 3.12 Å². The topological polar surface area (TPSA) is 88.7 Å². The van der Waals surface area contributed by atoms with Crippen LogP contribution in [0.5, 0.6) is 0 Å². The van der Waals surface area contributed by atoms with E-state index < -0.39 is 13.2 Å². The SMILES string of the molecule is O.O=S(=O)([O-])C(Cl)(Cl)Cl.[Ag+]. The summed E-state index contributed by atoms with van der Waals surface area (Å²) in [4.78, 5) is 0. The molecule has 0 saturated carbocycles. The summed E-state index contributed by atoms with van der Waals surface area (Å²) in [6.07, 6.45) is 0. The molecule has 0 radical (unpaired) electrons. The fourth-order valence-electron chi connectivity index (χ4n) is 0. The van der Waals surface area contributed by atoms with Gasteiger partial charge in [-0.2, -0.15) is 0 Å². The maximum absolute atomic E-state index is 9.70. The van der Waals surface area contributed by atoms with Crippen molar-refractivity contribution in [2.24, 2.45) is 0 Å².